The Morgan fingerprint density at radius 3 is 2.35 bits per heavy atom. The number of nitrogens with two attached hydrogens (primary N) is 1. The summed E-state index contributed by atoms with van der Waals surface area (Å²) in [4.78, 5) is 21.3. The summed E-state index contributed by atoms with van der Waals surface area (Å²) in [6, 6.07) is 17.1. The van der Waals surface area contributed by atoms with Gasteiger partial charge in [0.05, 0.1) is 13.5 Å². The third kappa shape index (κ3) is 8.18. The maximum Gasteiger partial charge on any atom is 0.322 e. The Labute approximate surface area is 158 Å². The first-order valence-corrected chi connectivity index (χ1v) is 9.55. The van der Waals surface area contributed by atoms with Crippen LogP contribution in [0.3, 0.4) is 0 Å². The zero-order valence-corrected chi connectivity index (χ0v) is 15.9. The van der Waals surface area contributed by atoms with Crippen molar-refractivity contribution < 1.29 is 19.4 Å². The second kappa shape index (κ2) is 12.1. The molecule has 5 nitrogen and oxygen atoms in total. The Kier molecular flexibility index (Phi) is 10.1. The van der Waals surface area contributed by atoms with Gasteiger partial charge in [0, 0.05) is 0 Å². The lowest BCUT2D eigenvalue weighted by Crippen LogP contribution is -2.31. The van der Waals surface area contributed by atoms with Gasteiger partial charge in [-0.2, -0.15) is 11.8 Å². The molecular formula is C20H25NO4S. The van der Waals surface area contributed by atoms with Crippen molar-refractivity contribution in [3.05, 3.63) is 60.2 Å². The third-order valence-corrected chi connectivity index (χ3v) is 4.17. The van der Waals surface area contributed by atoms with Gasteiger partial charge in [0.2, 0.25) is 0 Å². The summed E-state index contributed by atoms with van der Waals surface area (Å²) in [6.07, 6.45) is 2.73. The summed E-state index contributed by atoms with van der Waals surface area (Å²) >= 11 is 1.67. The topological polar surface area (TPSA) is 89.6 Å². The van der Waals surface area contributed by atoms with Crippen LogP contribution in [0.5, 0.6) is 0 Å². The molecule has 0 bridgehead atoms. The van der Waals surface area contributed by atoms with E-state index in [0.717, 1.165) is 22.4 Å². The molecule has 1 atom stereocenters. The van der Waals surface area contributed by atoms with Crippen LogP contribution < -0.4 is 5.73 Å². The molecule has 2 aromatic rings. The molecule has 0 aromatic heterocycles. The highest BCUT2D eigenvalue weighted by Crippen LogP contribution is 2.20. The fraction of sp³-hybridized carbons (Fsp3) is 0.300. The Morgan fingerprint density at radius 2 is 1.77 bits per heavy atom. The van der Waals surface area contributed by atoms with Crippen molar-refractivity contribution in [3.63, 3.8) is 0 Å². The van der Waals surface area contributed by atoms with E-state index in [1.54, 1.807) is 11.8 Å². The third-order valence-electron chi connectivity index (χ3n) is 3.53. The van der Waals surface area contributed by atoms with E-state index in [0.29, 0.717) is 6.42 Å². The number of hydrogen-bond acceptors (Lipinski definition) is 5. The number of carboxylic acid groups (broad SMARTS) is 1. The van der Waals surface area contributed by atoms with Gasteiger partial charge in [-0.15, -0.1) is 0 Å². The fourth-order valence-electron chi connectivity index (χ4n) is 2.18. The number of aliphatic carboxylic acids is 1. The first-order chi connectivity index (χ1) is 12.5. The van der Waals surface area contributed by atoms with Crippen molar-refractivity contribution in [1.82, 2.24) is 0 Å². The first kappa shape index (κ1) is 21.7. The molecule has 0 aliphatic heterocycles. The second-order valence-electron chi connectivity index (χ2n) is 5.55. The minimum absolute atomic E-state index is 0.0701. The van der Waals surface area contributed by atoms with Crippen molar-refractivity contribution in [2.45, 2.75) is 18.9 Å². The molecule has 1 unspecified atom stereocenters. The van der Waals surface area contributed by atoms with Crippen LogP contribution in [0.2, 0.25) is 0 Å². The fourth-order valence-corrected chi connectivity index (χ4v) is 2.67. The molecule has 3 N–H and O–H groups in total. The zero-order chi connectivity index (χ0) is 19.4. The lowest BCUT2D eigenvalue weighted by atomic mass is 10.0. The van der Waals surface area contributed by atoms with E-state index >= 15 is 0 Å². The van der Waals surface area contributed by atoms with Crippen LogP contribution in [0.15, 0.2) is 54.6 Å². The maximum absolute atomic E-state index is 10.7. The molecule has 0 aliphatic carbocycles. The lowest BCUT2D eigenvalue weighted by Gasteiger charge is -2.06. The van der Waals surface area contributed by atoms with Crippen molar-refractivity contribution in [3.8, 4) is 11.1 Å². The van der Waals surface area contributed by atoms with E-state index in [9.17, 15) is 9.59 Å². The van der Waals surface area contributed by atoms with Crippen molar-refractivity contribution in [2.24, 2.45) is 5.73 Å². The number of methoxy groups -OCH3 is 1. The van der Waals surface area contributed by atoms with Gasteiger partial charge in [0.15, 0.2) is 0 Å². The Morgan fingerprint density at radius 1 is 1.12 bits per heavy atom. The van der Waals surface area contributed by atoms with E-state index in [-0.39, 0.29) is 12.4 Å². The van der Waals surface area contributed by atoms with E-state index in [1.807, 2.05) is 60.9 Å². The number of esters is 1. The number of carboxylic acids is 1. The van der Waals surface area contributed by atoms with Crippen molar-refractivity contribution in [1.29, 1.82) is 0 Å². The van der Waals surface area contributed by atoms with E-state index in [1.165, 1.54) is 7.11 Å². The van der Waals surface area contributed by atoms with Gasteiger partial charge in [-0.25, -0.2) is 0 Å². The molecule has 0 saturated heterocycles. The van der Waals surface area contributed by atoms with Gasteiger partial charge in [-0.3, -0.25) is 9.59 Å². The van der Waals surface area contributed by atoms with Crippen LogP contribution in [0.4, 0.5) is 0 Å². The van der Waals surface area contributed by atoms with Crippen molar-refractivity contribution >= 4 is 23.7 Å². The van der Waals surface area contributed by atoms with E-state index < -0.39 is 12.0 Å². The lowest BCUT2D eigenvalue weighted by molar-refractivity contribution is -0.142. The van der Waals surface area contributed by atoms with Gasteiger partial charge >= 0.3 is 11.9 Å². The molecule has 2 aromatic carbocycles. The van der Waals surface area contributed by atoms with Gasteiger partial charge in [-0.05, 0) is 35.1 Å². The number of benzene rings is 2. The minimum Gasteiger partial charge on any atom is -0.481 e. The standard InChI is InChI=1S/C14H12O2.C6H13NO2S/c15-14(16)10-11-5-4-8-13(9-11)12-6-2-1-3-7-12;1-9-6(8)5(7)3-4-10-2/h1-9H,10H2,(H,15,16);5H,3-4,7H2,1-2H3. The zero-order valence-electron chi connectivity index (χ0n) is 15.1. The van der Waals surface area contributed by atoms with Crippen LogP contribution in [0.1, 0.15) is 12.0 Å². The Bertz CT molecular complexity index is 691. The molecule has 140 valence electrons. The summed E-state index contributed by atoms with van der Waals surface area (Å²) in [5, 5.41) is 8.73. The molecule has 2 rings (SSSR count). The molecular weight excluding hydrogens is 350 g/mol. The number of thioether (sulfide) groups is 1. The van der Waals surface area contributed by atoms with E-state index in [4.69, 9.17) is 10.8 Å². The number of carbonyl (C=O) groups excluding carboxylic acids is 1. The van der Waals surface area contributed by atoms with Crippen molar-refractivity contribution in [2.75, 3.05) is 19.1 Å². The number of ether oxygens (including phenoxy) is 1. The average Bonchev–Trinajstić information content (AvgIpc) is 2.66. The summed E-state index contributed by atoms with van der Waals surface area (Å²) in [5.41, 5.74) is 8.41. The molecule has 26 heavy (non-hydrogen) atoms. The molecule has 0 saturated carbocycles. The number of hydrogen-bond donors (Lipinski definition) is 2. The van der Waals surface area contributed by atoms with Gasteiger partial charge in [-0.1, -0.05) is 54.6 Å². The maximum atomic E-state index is 10.7. The SMILES string of the molecule is COC(=O)C(N)CCSC.O=C(O)Cc1cccc(-c2ccccc2)c1. The number of carbonyl (C=O) groups is 2. The summed E-state index contributed by atoms with van der Waals surface area (Å²) in [6.45, 7) is 0. The highest BCUT2D eigenvalue weighted by molar-refractivity contribution is 7.98. The van der Waals surface area contributed by atoms with Gasteiger partial charge < -0.3 is 15.6 Å². The molecule has 0 amide bonds. The molecule has 0 aliphatic rings. The largest absolute Gasteiger partial charge is 0.481 e. The first-order valence-electron chi connectivity index (χ1n) is 8.16. The molecule has 0 fully saturated rings. The molecule has 0 spiro atoms. The Hall–Kier alpha value is -2.31. The highest BCUT2D eigenvalue weighted by atomic mass is 32.2. The van der Waals surface area contributed by atoms with Crippen LogP contribution in [-0.4, -0.2) is 42.2 Å². The van der Waals surface area contributed by atoms with Crippen LogP contribution in [-0.2, 0) is 20.7 Å². The molecule has 6 heteroatoms. The second-order valence-corrected chi connectivity index (χ2v) is 6.53. The van der Waals surface area contributed by atoms with Crippen LogP contribution in [0, 0.1) is 0 Å². The average molecular weight is 375 g/mol. The van der Waals surface area contributed by atoms with Gasteiger partial charge in [0.25, 0.3) is 0 Å². The predicted octanol–water partition coefficient (Wildman–Crippen LogP) is 3.22. The quantitative estimate of drug-likeness (QED) is 0.722. The van der Waals surface area contributed by atoms with Gasteiger partial charge in [0.1, 0.15) is 6.04 Å². The minimum atomic E-state index is -0.801. The van der Waals surface area contributed by atoms with E-state index in [2.05, 4.69) is 4.74 Å². The van der Waals surface area contributed by atoms with Crippen LogP contribution >= 0.6 is 11.8 Å². The monoisotopic (exact) mass is 375 g/mol. The Balaban J connectivity index is 0.000000294. The number of rotatable bonds is 7. The predicted molar refractivity (Wildman–Crippen MR) is 106 cm³/mol. The molecule has 0 radical (unpaired) electrons. The smallest absolute Gasteiger partial charge is 0.322 e. The normalized spacial score (nSPS) is 11.0. The highest BCUT2D eigenvalue weighted by Gasteiger charge is 2.11. The van der Waals surface area contributed by atoms with Crippen LogP contribution in [0.25, 0.3) is 11.1 Å². The summed E-state index contributed by atoms with van der Waals surface area (Å²) < 4.78 is 4.44. The summed E-state index contributed by atoms with van der Waals surface area (Å²) in [5.74, 6) is -0.227. The molecule has 0 heterocycles. The summed E-state index contributed by atoms with van der Waals surface area (Å²) in [7, 11) is 1.35.